The first-order valence-corrected chi connectivity index (χ1v) is 20.4. The van der Waals surface area contributed by atoms with Crippen LogP contribution in [0.5, 0.6) is 0 Å². The number of fused-ring (bicyclic) bond motifs is 1. The quantitative estimate of drug-likeness (QED) is 0.144. The number of anilines is 2. The Morgan fingerprint density at radius 1 is 0.912 bits per heavy atom. The Morgan fingerprint density at radius 2 is 1.60 bits per heavy atom. The van der Waals surface area contributed by atoms with Crippen LogP contribution < -0.4 is 5.32 Å². The second kappa shape index (κ2) is 16.7. The first kappa shape index (κ1) is 39.3. The fourth-order valence-electron chi connectivity index (χ4n) is 6.73. The zero-order chi connectivity index (χ0) is 40.2. The molecule has 14 heteroatoms. The minimum atomic E-state index is -3.92. The van der Waals surface area contributed by atoms with Crippen molar-refractivity contribution >= 4 is 56.3 Å². The number of benzene rings is 4. The molecule has 0 aliphatic carbocycles. The Bertz CT molecular complexity index is 2470. The molecule has 1 fully saturated rings. The number of likely N-dealkylation sites (tertiary alicyclic amines) is 1. The van der Waals surface area contributed by atoms with Gasteiger partial charge in [0.1, 0.15) is 12.2 Å². The number of carbonyl (C=O) groups excluding carboxylic acids is 2. The van der Waals surface area contributed by atoms with Crippen molar-refractivity contribution in [1.29, 1.82) is 0 Å². The minimum Gasteiger partial charge on any atom is -0.445 e. The van der Waals surface area contributed by atoms with Gasteiger partial charge in [-0.1, -0.05) is 90.5 Å². The smallest absolute Gasteiger partial charge is 0.410 e. The number of aromatic nitrogens is 3. The number of amides is 2. The number of nitrogens with zero attached hydrogens (tertiary/aromatic N) is 5. The third-order valence-electron chi connectivity index (χ3n) is 9.47. The maximum atomic E-state index is 13.7. The van der Waals surface area contributed by atoms with Gasteiger partial charge < -0.3 is 19.7 Å². The van der Waals surface area contributed by atoms with Gasteiger partial charge in [0.2, 0.25) is 5.95 Å². The fraction of sp³-hybridized carbons (Fsp3) is 0.256. The highest BCUT2D eigenvalue weighted by Gasteiger charge is 2.34. The minimum absolute atomic E-state index is 0.158. The molecular formula is C43H43ClN6O6S. The molecule has 3 heterocycles. The van der Waals surface area contributed by atoms with Crippen molar-refractivity contribution in [2.45, 2.75) is 63.3 Å². The molecular weight excluding hydrogens is 764 g/mol. The van der Waals surface area contributed by atoms with Crippen LogP contribution in [-0.2, 0) is 32.6 Å². The summed E-state index contributed by atoms with van der Waals surface area (Å²) in [5.74, 6) is 0.252. The predicted molar refractivity (Wildman–Crippen MR) is 220 cm³/mol. The molecule has 7 rings (SSSR count). The van der Waals surface area contributed by atoms with Crippen LogP contribution in [0.15, 0.2) is 126 Å². The largest absolute Gasteiger partial charge is 0.445 e. The Balaban J connectivity index is 1.08. The molecule has 0 saturated carbocycles. The van der Waals surface area contributed by atoms with E-state index in [2.05, 4.69) is 10.3 Å². The van der Waals surface area contributed by atoms with Crippen LogP contribution in [0.2, 0.25) is 5.02 Å². The van der Waals surface area contributed by atoms with E-state index in [9.17, 15) is 18.0 Å². The van der Waals surface area contributed by atoms with Crippen molar-refractivity contribution in [1.82, 2.24) is 23.7 Å². The standard InChI is InChI=1S/C43H43ClN6O6S/c1-43(2,3)56-42(52)49(33-15-12-24-48(27-33)41(51)55-29-31-13-6-4-7-14-31)26-30-20-22-32(23-21-30)46-40-45-25-37(44)39(47-40)36-28-50(38-19-11-10-18-35(36)38)57(53,54)34-16-8-5-9-17-34/h4-11,13-14,16-23,25,28,33H,12,15,24,26-27,29H2,1-3H3,(H,45,46,47)/t33-/m1/s1. The van der Waals surface area contributed by atoms with E-state index in [1.807, 2.05) is 87.5 Å². The zero-order valence-electron chi connectivity index (χ0n) is 31.8. The molecule has 294 valence electrons. The van der Waals surface area contributed by atoms with E-state index in [4.69, 9.17) is 26.1 Å². The van der Waals surface area contributed by atoms with Gasteiger partial charge in [-0.3, -0.25) is 4.90 Å². The van der Waals surface area contributed by atoms with Crippen LogP contribution in [0.1, 0.15) is 44.7 Å². The summed E-state index contributed by atoms with van der Waals surface area (Å²) in [6.45, 7) is 6.76. The molecule has 0 radical (unpaired) electrons. The normalized spacial score (nSPS) is 14.6. The SMILES string of the molecule is CC(C)(C)OC(=O)N(Cc1ccc(Nc2ncc(Cl)c(-c3cn(S(=O)(=O)c4ccccc4)c4ccccc34)n2)cc1)[C@@H]1CCCN(C(=O)OCc2ccccc2)C1. The number of piperidine rings is 1. The summed E-state index contributed by atoms with van der Waals surface area (Å²) in [5, 5.41) is 4.14. The molecule has 0 spiro atoms. The molecule has 1 saturated heterocycles. The first-order chi connectivity index (χ1) is 27.4. The number of hydrogen-bond acceptors (Lipinski definition) is 9. The van der Waals surface area contributed by atoms with Crippen molar-refractivity contribution in [3.8, 4) is 11.3 Å². The summed E-state index contributed by atoms with van der Waals surface area (Å²) in [4.78, 5) is 39.3. The van der Waals surface area contributed by atoms with Gasteiger partial charge in [0.05, 0.1) is 33.4 Å². The van der Waals surface area contributed by atoms with Crippen LogP contribution in [0.25, 0.3) is 22.2 Å². The number of ether oxygens (including phenoxy) is 2. The monoisotopic (exact) mass is 806 g/mol. The number of carbonyl (C=O) groups is 2. The molecule has 2 aromatic heterocycles. The summed E-state index contributed by atoms with van der Waals surface area (Å²) in [6.07, 6.45) is 3.54. The summed E-state index contributed by atoms with van der Waals surface area (Å²) in [6, 6.07) is 32.1. The van der Waals surface area contributed by atoms with Gasteiger partial charge in [0, 0.05) is 42.5 Å². The van der Waals surface area contributed by atoms with E-state index in [0.29, 0.717) is 53.8 Å². The lowest BCUT2D eigenvalue weighted by atomic mass is 10.0. The topological polar surface area (TPSA) is 136 Å². The highest BCUT2D eigenvalue weighted by molar-refractivity contribution is 7.90. The Labute approximate surface area is 337 Å². The molecule has 1 aliphatic rings. The van der Waals surface area contributed by atoms with Gasteiger partial charge in [-0.05, 0) is 75.1 Å². The van der Waals surface area contributed by atoms with Crippen molar-refractivity contribution in [3.63, 3.8) is 0 Å². The van der Waals surface area contributed by atoms with Crippen LogP contribution in [0.4, 0.5) is 21.2 Å². The van der Waals surface area contributed by atoms with Gasteiger partial charge >= 0.3 is 12.2 Å². The summed E-state index contributed by atoms with van der Waals surface area (Å²) in [7, 11) is -3.92. The lowest BCUT2D eigenvalue weighted by molar-refractivity contribution is 0.00246. The molecule has 1 N–H and O–H groups in total. The van der Waals surface area contributed by atoms with Crippen molar-refractivity contribution < 1.29 is 27.5 Å². The summed E-state index contributed by atoms with van der Waals surface area (Å²) >= 11 is 6.66. The van der Waals surface area contributed by atoms with E-state index < -0.39 is 27.8 Å². The summed E-state index contributed by atoms with van der Waals surface area (Å²) in [5.41, 5.74) is 3.09. The van der Waals surface area contributed by atoms with E-state index in [1.54, 1.807) is 52.3 Å². The van der Waals surface area contributed by atoms with E-state index in [1.165, 1.54) is 16.4 Å². The van der Waals surface area contributed by atoms with Crippen LogP contribution in [0.3, 0.4) is 0 Å². The third kappa shape index (κ3) is 9.22. The highest BCUT2D eigenvalue weighted by atomic mass is 35.5. The molecule has 0 unspecified atom stereocenters. The number of halogens is 1. The van der Waals surface area contributed by atoms with Crippen LogP contribution in [-0.4, -0.2) is 69.1 Å². The molecule has 2 amide bonds. The van der Waals surface area contributed by atoms with E-state index in [0.717, 1.165) is 11.1 Å². The average molecular weight is 807 g/mol. The van der Waals surface area contributed by atoms with Crippen LogP contribution in [0, 0.1) is 0 Å². The molecule has 1 aliphatic heterocycles. The molecule has 12 nitrogen and oxygen atoms in total. The average Bonchev–Trinajstić information content (AvgIpc) is 3.61. The second-order valence-corrected chi connectivity index (χ2v) is 17.0. The Kier molecular flexibility index (Phi) is 11.5. The van der Waals surface area contributed by atoms with E-state index in [-0.39, 0.29) is 35.1 Å². The van der Waals surface area contributed by atoms with Gasteiger partial charge in [0.15, 0.2) is 0 Å². The lowest BCUT2D eigenvalue weighted by Crippen LogP contribution is -2.52. The predicted octanol–water partition coefficient (Wildman–Crippen LogP) is 9.27. The van der Waals surface area contributed by atoms with Gasteiger partial charge in [-0.25, -0.2) is 31.9 Å². The molecule has 0 bridgehead atoms. The fourth-order valence-corrected chi connectivity index (χ4v) is 8.31. The van der Waals surface area contributed by atoms with E-state index >= 15 is 0 Å². The molecule has 57 heavy (non-hydrogen) atoms. The Hall–Kier alpha value is -5.92. The first-order valence-electron chi connectivity index (χ1n) is 18.6. The van der Waals surface area contributed by atoms with Crippen molar-refractivity contribution in [2.75, 3.05) is 18.4 Å². The number of nitrogens with one attached hydrogen (secondary N) is 1. The third-order valence-corrected chi connectivity index (χ3v) is 11.4. The van der Waals surface area contributed by atoms with Gasteiger partial charge in [-0.15, -0.1) is 0 Å². The number of rotatable bonds is 10. The maximum Gasteiger partial charge on any atom is 0.410 e. The molecule has 4 aromatic carbocycles. The highest BCUT2D eigenvalue weighted by Crippen LogP contribution is 2.36. The molecule has 1 atom stereocenters. The zero-order valence-corrected chi connectivity index (χ0v) is 33.4. The number of hydrogen-bond donors (Lipinski definition) is 1. The second-order valence-electron chi connectivity index (χ2n) is 14.8. The lowest BCUT2D eigenvalue weighted by Gasteiger charge is -2.39. The van der Waals surface area contributed by atoms with Crippen LogP contribution >= 0.6 is 11.6 Å². The number of para-hydroxylation sites is 1. The van der Waals surface area contributed by atoms with Gasteiger partial charge in [-0.2, -0.15) is 0 Å². The summed E-state index contributed by atoms with van der Waals surface area (Å²) < 4.78 is 40.1. The van der Waals surface area contributed by atoms with Crippen molar-refractivity contribution in [3.05, 3.63) is 138 Å². The molecule has 6 aromatic rings. The maximum absolute atomic E-state index is 13.7. The Morgan fingerprint density at radius 3 is 2.32 bits per heavy atom. The van der Waals surface area contributed by atoms with Gasteiger partial charge in [0.25, 0.3) is 10.0 Å². The van der Waals surface area contributed by atoms with Crippen molar-refractivity contribution in [2.24, 2.45) is 0 Å².